The van der Waals surface area contributed by atoms with Crippen molar-refractivity contribution in [2.24, 2.45) is 0 Å². The molecule has 0 aliphatic heterocycles. The maximum absolute atomic E-state index is 13.1. The van der Waals surface area contributed by atoms with Crippen molar-refractivity contribution in [3.05, 3.63) is 76.5 Å². The Morgan fingerprint density at radius 2 is 2.09 bits per heavy atom. The fourth-order valence-corrected chi connectivity index (χ4v) is 2.66. The molecule has 1 amide bonds. The van der Waals surface area contributed by atoms with Gasteiger partial charge in [-0.05, 0) is 45.8 Å². The summed E-state index contributed by atoms with van der Waals surface area (Å²) in [4.78, 5) is 16.3. The van der Waals surface area contributed by atoms with Crippen LogP contribution < -0.4 is 5.32 Å². The fourth-order valence-electron chi connectivity index (χ4n) is 2.13. The van der Waals surface area contributed by atoms with E-state index in [1.165, 1.54) is 24.5 Å². The minimum Gasteiger partial charge on any atom is -0.322 e. The van der Waals surface area contributed by atoms with Gasteiger partial charge in [0.1, 0.15) is 18.5 Å². The van der Waals surface area contributed by atoms with Crippen LogP contribution >= 0.6 is 15.9 Å². The van der Waals surface area contributed by atoms with E-state index in [1.54, 1.807) is 11.0 Å². The number of hydrogen-bond donors (Lipinski definition) is 1. The van der Waals surface area contributed by atoms with Crippen LogP contribution in [-0.2, 0) is 6.54 Å². The lowest BCUT2D eigenvalue weighted by Gasteiger charge is -2.12. The molecule has 2 aromatic carbocycles. The highest BCUT2D eigenvalue weighted by Crippen LogP contribution is 2.21. The third-order valence-electron chi connectivity index (χ3n) is 3.24. The molecule has 1 heterocycles. The van der Waals surface area contributed by atoms with Gasteiger partial charge in [0, 0.05) is 10.2 Å². The van der Waals surface area contributed by atoms with Gasteiger partial charge in [0.15, 0.2) is 0 Å². The summed E-state index contributed by atoms with van der Waals surface area (Å²) in [5.74, 6) is -0.720. The second kappa shape index (κ2) is 6.70. The Morgan fingerprint density at radius 1 is 1.26 bits per heavy atom. The van der Waals surface area contributed by atoms with E-state index < -0.39 is 5.82 Å². The maximum atomic E-state index is 13.1. The van der Waals surface area contributed by atoms with E-state index in [9.17, 15) is 9.18 Å². The molecule has 0 aliphatic rings. The number of halogens is 2. The first-order chi connectivity index (χ1) is 11.1. The van der Waals surface area contributed by atoms with Crippen LogP contribution in [0.4, 0.5) is 10.1 Å². The van der Waals surface area contributed by atoms with E-state index in [0.717, 1.165) is 5.56 Å². The molecule has 0 fully saturated rings. The van der Waals surface area contributed by atoms with E-state index >= 15 is 0 Å². The van der Waals surface area contributed by atoms with Gasteiger partial charge >= 0.3 is 0 Å². The Labute approximate surface area is 140 Å². The number of para-hydroxylation sites is 1. The van der Waals surface area contributed by atoms with Crippen LogP contribution in [0.3, 0.4) is 0 Å². The summed E-state index contributed by atoms with van der Waals surface area (Å²) < 4.78 is 15.2. The number of anilines is 1. The first kappa shape index (κ1) is 15.4. The van der Waals surface area contributed by atoms with Gasteiger partial charge in [-0.1, -0.05) is 18.2 Å². The van der Waals surface area contributed by atoms with Crippen LogP contribution in [0.5, 0.6) is 0 Å². The highest BCUT2D eigenvalue weighted by atomic mass is 79.9. The van der Waals surface area contributed by atoms with Gasteiger partial charge in [-0.25, -0.2) is 14.1 Å². The maximum Gasteiger partial charge on any atom is 0.256 e. The zero-order valence-corrected chi connectivity index (χ0v) is 13.5. The summed E-state index contributed by atoms with van der Waals surface area (Å²) in [7, 11) is 0. The SMILES string of the molecule is O=C(Nc1ccccc1Cn1cncn1)c1ccc(F)cc1Br. The zero-order valence-electron chi connectivity index (χ0n) is 11.9. The number of nitrogens with one attached hydrogen (secondary N) is 1. The molecule has 1 N–H and O–H groups in total. The summed E-state index contributed by atoms with van der Waals surface area (Å²) in [6.07, 6.45) is 3.06. The highest BCUT2D eigenvalue weighted by molar-refractivity contribution is 9.10. The van der Waals surface area contributed by atoms with E-state index in [0.29, 0.717) is 22.3 Å². The number of amides is 1. The van der Waals surface area contributed by atoms with Crippen molar-refractivity contribution in [2.75, 3.05) is 5.32 Å². The number of carbonyl (C=O) groups is 1. The average Bonchev–Trinajstić information content (AvgIpc) is 3.02. The van der Waals surface area contributed by atoms with Crippen LogP contribution in [-0.4, -0.2) is 20.7 Å². The Hall–Kier alpha value is -2.54. The molecule has 0 saturated carbocycles. The number of nitrogens with zero attached hydrogens (tertiary/aromatic N) is 3. The molecule has 0 bridgehead atoms. The third kappa shape index (κ3) is 3.62. The van der Waals surface area contributed by atoms with Crippen LogP contribution in [0.25, 0.3) is 0 Å². The molecular formula is C16H12BrFN4O. The molecule has 0 aliphatic carbocycles. The van der Waals surface area contributed by atoms with Crippen LogP contribution in [0, 0.1) is 5.82 Å². The summed E-state index contributed by atoms with van der Waals surface area (Å²) >= 11 is 3.20. The molecule has 0 saturated heterocycles. The lowest BCUT2D eigenvalue weighted by atomic mass is 10.1. The largest absolute Gasteiger partial charge is 0.322 e. The van der Waals surface area contributed by atoms with Crippen LogP contribution in [0.2, 0.25) is 0 Å². The quantitative estimate of drug-likeness (QED) is 0.760. The van der Waals surface area contributed by atoms with E-state index in [1.807, 2.05) is 24.3 Å². The number of carbonyl (C=O) groups excluding carboxylic acids is 1. The zero-order chi connectivity index (χ0) is 16.2. The minimum atomic E-state index is -0.403. The number of benzene rings is 2. The Balaban J connectivity index is 1.83. The van der Waals surface area contributed by atoms with Gasteiger partial charge in [0.05, 0.1) is 12.1 Å². The first-order valence-electron chi connectivity index (χ1n) is 6.80. The van der Waals surface area contributed by atoms with Crippen molar-refractivity contribution in [2.45, 2.75) is 6.54 Å². The van der Waals surface area contributed by atoms with Crippen molar-refractivity contribution in [1.29, 1.82) is 0 Å². The first-order valence-corrected chi connectivity index (χ1v) is 7.59. The van der Waals surface area contributed by atoms with E-state index in [-0.39, 0.29) is 5.91 Å². The Morgan fingerprint density at radius 3 is 2.83 bits per heavy atom. The fraction of sp³-hybridized carbons (Fsp3) is 0.0625. The second-order valence-electron chi connectivity index (χ2n) is 4.83. The molecule has 0 radical (unpaired) electrons. The number of rotatable bonds is 4. The normalized spacial score (nSPS) is 10.5. The number of hydrogen-bond acceptors (Lipinski definition) is 3. The van der Waals surface area contributed by atoms with Crippen molar-refractivity contribution in [3.8, 4) is 0 Å². The lowest BCUT2D eigenvalue weighted by molar-refractivity contribution is 0.102. The summed E-state index contributed by atoms with van der Waals surface area (Å²) in [6, 6.07) is 11.4. The van der Waals surface area contributed by atoms with Gasteiger partial charge in [-0.2, -0.15) is 5.10 Å². The molecule has 0 spiro atoms. The van der Waals surface area contributed by atoms with Gasteiger partial charge in [-0.3, -0.25) is 4.79 Å². The van der Waals surface area contributed by atoms with Crippen molar-refractivity contribution in [3.63, 3.8) is 0 Å². The monoisotopic (exact) mass is 374 g/mol. The molecule has 3 aromatic rings. The minimum absolute atomic E-state index is 0.317. The summed E-state index contributed by atoms with van der Waals surface area (Å²) in [6.45, 7) is 0.487. The molecule has 23 heavy (non-hydrogen) atoms. The van der Waals surface area contributed by atoms with Gasteiger partial charge < -0.3 is 5.32 Å². The predicted molar refractivity (Wildman–Crippen MR) is 87.6 cm³/mol. The molecule has 1 aromatic heterocycles. The van der Waals surface area contributed by atoms with Crippen molar-refractivity contribution >= 4 is 27.5 Å². The van der Waals surface area contributed by atoms with Crippen LogP contribution in [0.15, 0.2) is 59.6 Å². The average molecular weight is 375 g/mol. The van der Waals surface area contributed by atoms with Gasteiger partial charge in [0.25, 0.3) is 5.91 Å². The van der Waals surface area contributed by atoms with Crippen LogP contribution in [0.1, 0.15) is 15.9 Å². The summed E-state index contributed by atoms with van der Waals surface area (Å²) in [5, 5.41) is 6.90. The van der Waals surface area contributed by atoms with Crippen molar-refractivity contribution < 1.29 is 9.18 Å². The van der Waals surface area contributed by atoms with Crippen molar-refractivity contribution in [1.82, 2.24) is 14.8 Å². The molecule has 0 unspecified atom stereocenters. The highest BCUT2D eigenvalue weighted by Gasteiger charge is 2.13. The molecule has 7 heteroatoms. The second-order valence-corrected chi connectivity index (χ2v) is 5.68. The lowest BCUT2D eigenvalue weighted by Crippen LogP contribution is -2.15. The molecule has 3 rings (SSSR count). The predicted octanol–water partition coefficient (Wildman–Crippen LogP) is 3.48. The van der Waals surface area contributed by atoms with E-state index in [2.05, 4.69) is 31.3 Å². The molecule has 0 atom stereocenters. The summed E-state index contributed by atoms with van der Waals surface area (Å²) in [5.41, 5.74) is 1.93. The number of aromatic nitrogens is 3. The standard InChI is InChI=1S/C16H12BrFN4O/c17-14-7-12(18)5-6-13(14)16(23)21-15-4-2-1-3-11(15)8-22-10-19-9-20-22/h1-7,9-10H,8H2,(H,21,23). The Bertz CT molecular complexity index is 836. The van der Waals surface area contributed by atoms with Gasteiger partial charge in [0.2, 0.25) is 0 Å². The Kier molecular flexibility index (Phi) is 4.47. The van der Waals surface area contributed by atoms with E-state index in [4.69, 9.17) is 0 Å². The topological polar surface area (TPSA) is 59.8 Å². The molecular weight excluding hydrogens is 363 g/mol. The smallest absolute Gasteiger partial charge is 0.256 e. The third-order valence-corrected chi connectivity index (χ3v) is 3.90. The van der Waals surface area contributed by atoms with Gasteiger partial charge in [-0.15, -0.1) is 0 Å². The molecule has 5 nitrogen and oxygen atoms in total. The molecule has 116 valence electrons.